The quantitative estimate of drug-likeness (QED) is 0.383. The van der Waals surface area contributed by atoms with Crippen LogP contribution in [0.25, 0.3) is 11.0 Å². The van der Waals surface area contributed by atoms with Crippen LogP contribution in [0.4, 0.5) is 5.69 Å². The standard InChI is InChI=1S/C27H27N5O2S/c33-25(28-21-9-2-1-3-10-21)18-31-14-16-32(17-15-31)26(34)22-11-5-4-8-20(22)19-35-27-29-23-12-6-7-13-24(23)30-27/h1-13H,14-19H2,(H,28,33)(H,29,30). The number of amides is 2. The van der Waals surface area contributed by atoms with Gasteiger partial charge in [-0.05, 0) is 35.9 Å². The van der Waals surface area contributed by atoms with Crippen LogP contribution in [0.3, 0.4) is 0 Å². The number of carbonyl (C=O) groups is 2. The lowest BCUT2D eigenvalue weighted by molar-refractivity contribution is -0.117. The number of para-hydroxylation sites is 3. The normalized spacial score (nSPS) is 14.2. The first kappa shape index (κ1) is 23.1. The molecule has 4 aromatic rings. The van der Waals surface area contributed by atoms with E-state index in [0.717, 1.165) is 33.0 Å². The second-order valence-electron chi connectivity index (χ2n) is 8.49. The van der Waals surface area contributed by atoms with Crippen molar-refractivity contribution in [1.82, 2.24) is 19.8 Å². The first-order chi connectivity index (χ1) is 17.2. The zero-order chi connectivity index (χ0) is 24.0. The number of nitrogens with one attached hydrogen (secondary N) is 2. The lowest BCUT2D eigenvalue weighted by Crippen LogP contribution is -2.50. The van der Waals surface area contributed by atoms with Crippen molar-refractivity contribution in [2.45, 2.75) is 10.9 Å². The zero-order valence-corrected chi connectivity index (χ0v) is 20.1. The lowest BCUT2D eigenvalue weighted by atomic mass is 10.1. The maximum atomic E-state index is 13.3. The van der Waals surface area contributed by atoms with Gasteiger partial charge in [-0.3, -0.25) is 14.5 Å². The number of thioether (sulfide) groups is 1. The van der Waals surface area contributed by atoms with Crippen LogP contribution in [0.2, 0.25) is 0 Å². The smallest absolute Gasteiger partial charge is 0.254 e. The minimum absolute atomic E-state index is 0.0380. The van der Waals surface area contributed by atoms with Gasteiger partial charge in [0.2, 0.25) is 5.91 Å². The number of benzene rings is 3. The summed E-state index contributed by atoms with van der Waals surface area (Å²) in [4.78, 5) is 37.6. The second kappa shape index (κ2) is 10.8. The molecule has 2 amide bonds. The van der Waals surface area contributed by atoms with E-state index in [-0.39, 0.29) is 11.8 Å². The molecule has 0 bridgehead atoms. The van der Waals surface area contributed by atoms with Gasteiger partial charge in [-0.2, -0.15) is 0 Å². The summed E-state index contributed by atoms with van der Waals surface area (Å²) in [6.07, 6.45) is 0. The van der Waals surface area contributed by atoms with E-state index >= 15 is 0 Å². The van der Waals surface area contributed by atoms with Crippen LogP contribution in [0.15, 0.2) is 84.0 Å². The van der Waals surface area contributed by atoms with Crippen LogP contribution in [0.5, 0.6) is 0 Å². The van der Waals surface area contributed by atoms with E-state index in [2.05, 4.69) is 20.2 Å². The van der Waals surface area contributed by atoms with E-state index in [4.69, 9.17) is 0 Å². The van der Waals surface area contributed by atoms with Gasteiger partial charge in [0.05, 0.1) is 17.6 Å². The van der Waals surface area contributed by atoms with E-state index in [9.17, 15) is 9.59 Å². The average Bonchev–Trinajstić information content (AvgIpc) is 3.31. The third kappa shape index (κ3) is 5.72. The average molecular weight is 486 g/mol. The molecular formula is C27H27N5O2S. The highest BCUT2D eigenvalue weighted by atomic mass is 32.2. The van der Waals surface area contributed by atoms with Crippen molar-refractivity contribution in [2.24, 2.45) is 0 Å². The molecule has 2 heterocycles. The van der Waals surface area contributed by atoms with Crippen molar-refractivity contribution >= 4 is 40.3 Å². The Hall–Kier alpha value is -3.62. The third-order valence-electron chi connectivity index (χ3n) is 6.06. The summed E-state index contributed by atoms with van der Waals surface area (Å²) < 4.78 is 0. The van der Waals surface area contributed by atoms with Crippen molar-refractivity contribution in [3.05, 3.63) is 90.0 Å². The van der Waals surface area contributed by atoms with Gasteiger partial charge >= 0.3 is 0 Å². The van der Waals surface area contributed by atoms with Gasteiger partial charge in [-0.1, -0.05) is 60.3 Å². The molecule has 1 aliphatic heterocycles. The molecule has 1 aromatic heterocycles. The number of imidazole rings is 1. The molecule has 2 N–H and O–H groups in total. The molecule has 1 fully saturated rings. The van der Waals surface area contributed by atoms with Crippen molar-refractivity contribution in [1.29, 1.82) is 0 Å². The molecule has 1 saturated heterocycles. The molecule has 8 heteroatoms. The Bertz CT molecular complexity index is 1280. The predicted molar refractivity (Wildman–Crippen MR) is 140 cm³/mol. The number of hydrogen-bond donors (Lipinski definition) is 2. The highest BCUT2D eigenvalue weighted by Gasteiger charge is 2.24. The molecule has 0 aliphatic carbocycles. The summed E-state index contributed by atoms with van der Waals surface area (Å²) in [6, 6.07) is 25.2. The summed E-state index contributed by atoms with van der Waals surface area (Å²) in [5.74, 6) is 0.657. The minimum atomic E-state index is -0.0380. The fourth-order valence-corrected chi connectivity index (χ4v) is 5.09. The number of fused-ring (bicyclic) bond motifs is 1. The topological polar surface area (TPSA) is 81.3 Å². The molecule has 1 aliphatic rings. The third-order valence-corrected chi connectivity index (χ3v) is 6.99. The van der Waals surface area contributed by atoms with E-state index < -0.39 is 0 Å². The van der Waals surface area contributed by atoms with Crippen LogP contribution in [0, 0.1) is 0 Å². The number of rotatable bonds is 7. The van der Waals surface area contributed by atoms with E-state index in [0.29, 0.717) is 38.5 Å². The monoisotopic (exact) mass is 485 g/mol. The molecule has 5 rings (SSSR count). The van der Waals surface area contributed by atoms with Gasteiger partial charge in [-0.25, -0.2) is 4.98 Å². The number of aromatic amines is 1. The Kier molecular flexibility index (Phi) is 7.11. The number of hydrogen-bond acceptors (Lipinski definition) is 5. The number of anilines is 1. The van der Waals surface area contributed by atoms with Gasteiger partial charge < -0.3 is 15.2 Å². The maximum Gasteiger partial charge on any atom is 0.254 e. The molecule has 178 valence electrons. The van der Waals surface area contributed by atoms with Gasteiger partial charge in [0.25, 0.3) is 5.91 Å². The van der Waals surface area contributed by atoms with E-state index in [1.807, 2.05) is 83.8 Å². The SMILES string of the molecule is O=C(CN1CCN(C(=O)c2ccccc2CSc2nc3ccccc3[nH]2)CC1)Nc1ccccc1. The molecule has 3 aromatic carbocycles. The number of piperazine rings is 1. The molecule has 7 nitrogen and oxygen atoms in total. The van der Waals surface area contributed by atoms with Crippen molar-refractivity contribution < 1.29 is 9.59 Å². The Morgan fingerprint density at radius 3 is 2.40 bits per heavy atom. The molecule has 0 radical (unpaired) electrons. The van der Waals surface area contributed by atoms with E-state index in [1.54, 1.807) is 11.8 Å². The Balaban J connectivity index is 1.16. The molecule has 35 heavy (non-hydrogen) atoms. The zero-order valence-electron chi connectivity index (χ0n) is 19.3. The van der Waals surface area contributed by atoms with Crippen LogP contribution in [0.1, 0.15) is 15.9 Å². The fraction of sp³-hybridized carbons (Fsp3) is 0.222. The molecule has 0 spiro atoms. The number of nitrogens with zero attached hydrogens (tertiary/aromatic N) is 3. The number of carbonyl (C=O) groups excluding carboxylic acids is 2. The first-order valence-corrected chi connectivity index (χ1v) is 12.7. The second-order valence-corrected chi connectivity index (χ2v) is 9.45. The Morgan fingerprint density at radius 2 is 1.60 bits per heavy atom. The number of H-pyrrole nitrogens is 1. The maximum absolute atomic E-state index is 13.3. The molecule has 0 unspecified atom stereocenters. The predicted octanol–water partition coefficient (Wildman–Crippen LogP) is 4.25. The summed E-state index contributed by atoms with van der Waals surface area (Å²) in [7, 11) is 0. The van der Waals surface area contributed by atoms with Gasteiger partial charge in [-0.15, -0.1) is 0 Å². The molecule has 0 saturated carbocycles. The summed E-state index contributed by atoms with van der Waals surface area (Å²) >= 11 is 1.60. The summed E-state index contributed by atoms with van der Waals surface area (Å²) in [5, 5.41) is 3.76. The summed E-state index contributed by atoms with van der Waals surface area (Å²) in [5.41, 5.74) is 4.46. The molecular weight excluding hydrogens is 458 g/mol. The Labute approximate surface area is 208 Å². The van der Waals surface area contributed by atoms with Gasteiger partial charge in [0.15, 0.2) is 5.16 Å². The van der Waals surface area contributed by atoms with Crippen LogP contribution >= 0.6 is 11.8 Å². The van der Waals surface area contributed by atoms with Crippen LogP contribution in [-0.2, 0) is 10.5 Å². The van der Waals surface area contributed by atoms with Crippen molar-refractivity contribution in [3.63, 3.8) is 0 Å². The minimum Gasteiger partial charge on any atom is -0.336 e. The highest BCUT2D eigenvalue weighted by molar-refractivity contribution is 7.98. The van der Waals surface area contributed by atoms with Gasteiger partial charge in [0.1, 0.15) is 0 Å². The number of aromatic nitrogens is 2. The first-order valence-electron chi connectivity index (χ1n) is 11.7. The largest absolute Gasteiger partial charge is 0.336 e. The van der Waals surface area contributed by atoms with Crippen molar-refractivity contribution in [2.75, 3.05) is 38.0 Å². The van der Waals surface area contributed by atoms with E-state index in [1.165, 1.54) is 0 Å². The molecule has 0 atom stereocenters. The lowest BCUT2D eigenvalue weighted by Gasteiger charge is -2.34. The fourth-order valence-electron chi connectivity index (χ4n) is 4.20. The van der Waals surface area contributed by atoms with Crippen LogP contribution < -0.4 is 5.32 Å². The van der Waals surface area contributed by atoms with Gasteiger partial charge in [0, 0.05) is 43.2 Å². The highest BCUT2D eigenvalue weighted by Crippen LogP contribution is 2.25. The Morgan fingerprint density at radius 1 is 0.886 bits per heavy atom. The van der Waals surface area contributed by atoms with Crippen molar-refractivity contribution in [3.8, 4) is 0 Å². The summed E-state index contributed by atoms with van der Waals surface area (Å²) in [6.45, 7) is 2.86. The van der Waals surface area contributed by atoms with Crippen LogP contribution in [-0.4, -0.2) is 64.3 Å².